The number of esters is 1. The molecule has 1 heterocycles. The van der Waals surface area contributed by atoms with E-state index >= 15 is 0 Å². The van der Waals surface area contributed by atoms with Gasteiger partial charge in [0.2, 0.25) is 0 Å². The summed E-state index contributed by atoms with van der Waals surface area (Å²) in [7, 11) is 0. The molecule has 0 aromatic heterocycles. The van der Waals surface area contributed by atoms with Crippen molar-refractivity contribution in [2.75, 3.05) is 11.9 Å². The van der Waals surface area contributed by atoms with E-state index in [0.29, 0.717) is 11.5 Å². The zero-order valence-corrected chi connectivity index (χ0v) is 10.6. The van der Waals surface area contributed by atoms with Crippen LogP contribution in [0.15, 0.2) is 18.2 Å². The molecule has 1 aromatic rings. The summed E-state index contributed by atoms with van der Waals surface area (Å²) < 4.78 is 5.39. The van der Waals surface area contributed by atoms with Gasteiger partial charge in [-0.3, -0.25) is 0 Å². The smallest absolute Gasteiger partial charge is 0.338 e. The molecule has 0 saturated carbocycles. The van der Waals surface area contributed by atoms with Crippen LogP contribution in [-0.2, 0) is 11.2 Å². The minimum absolute atomic E-state index is 0.0521. The van der Waals surface area contributed by atoms with Gasteiger partial charge in [-0.25, -0.2) is 4.79 Å². The normalized spacial score (nSPS) is 15.3. The Morgan fingerprint density at radius 3 is 2.82 bits per heavy atom. The van der Waals surface area contributed by atoms with Crippen molar-refractivity contribution in [3.63, 3.8) is 0 Å². The number of nitrogens with one attached hydrogen (secondary N) is 1. The summed E-state index contributed by atoms with van der Waals surface area (Å²) in [5, 5.41) is 3.26. The Balaban J connectivity index is 2.10. The van der Waals surface area contributed by atoms with Gasteiger partial charge >= 0.3 is 5.97 Å². The third kappa shape index (κ3) is 2.60. The lowest BCUT2D eigenvalue weighted by molar-refractivity contribution is 0.0238. The Kier molecular flexibility index (Phi) is 3.36. The predicted octanol–water partition coefficient (Wildman–Crippen LogP) is 2.86. The van der Waals surface area contributed by atoms with Crippen LogP contribution in [0.4, 0.5) is 5.69 Å². The Labute approximate surface area is 102 Å². The van der Waals surface area contributed by atoms with Crippen molar-refractivity contribution in [3.05, 3.63) is 29.3 Å². The fraction of sp³-hybridized carbons (Fsp3) is 0.500. The molecule has 1 N–H and O–H groups in total. The molecule has 3 nitrogen and oxygen atoms in total. The minimum Gasteiger partial charge on any atom is -0.459 e. The number of benzene rings is 1. The van der Waals surface area contributed by atoms with Crippen LogP contribution in [0.2, 0.25) is 0 Å². The molecule has 0 fully saturated rings. The lowest BCUT2D eigenvalue weighted by Crippen LogP contribution is -2.20. The van der Waals surface area contributed by atoms with Gasteiger partial charge in [0, 0.05) is 12.2 Å². The first-order valence-electron chi connectivity index (χ1n) is 6.15. The third-order valence-corrected chi connectivity index (χ3v) is 3.29. The van der Waals surface area contributed by atoms with Gasteiger partial charge in [0.1, 0.15) is 6.10 Å². The Morgan fingerprint density at radius 1 is 1.35 bits per heavy atom. The van der Waals surface area contributed by atoms with Crippen molar-refractivity contribution in [3.8, 4) is 0 Å². The topological polar surface area (TPSA) is 38.3 Å². The number of carbonyl (C=O) groups excluding carboxylic acids is 1. The summed E-state index contributed by atoms with van der Waals surface area (Å²) >= 11 is 0. The first kappa shape index (κ1) is 12.0. The van der Waals surface area contributed by atoms with Crippen LogP contribution < -0.4 is 5.32 Å². The van der Waals surface area contributed by atoms with Gasteiger partial charge in [-0.05, 0) is 37.0 Å². The average molecular weight is 233 g/mol. The highest BCUT2D eigenvalue weighted by atomic mass is 16.5. The van der Waals surface area contributed by atoms with Crippen molar-refractivity contribution in [1.82, 2.24) is 0 Å². The molecule has 92 valence electrons. The number of rotatable bonds is 3. The van der Waals surface area contributed by atoms with Crippen molar-refractivity contribution in [2.24, 2.45) is 5.92 Å². The van der Waals surface area contributed by atoms with Crippen LogP contribution >= 0.6 is 0 Å². The highest BCUT2D eigenvalue weighted by Gasteiger charge is 2.17. The van der Waals surface area contributed by atoms with Crippen LogP contribution in [0.3, 0.4) is 0 Å². The molecule has 1 atom stereocenters. The van der Waals surface area contributed by atoms with Gasteiger partial charge in [-0.15, -0.1) is 0 Å². The molecule has 3 heteroatoms. The second kappa shape index (κ2) is 4.78. The maximum absolute atomic E-state index is 11.9. The summed E-state index contributed by atoms with van der Waals surface area (Å²) in [5.41, 5.74) is 2.97. The molecule has 0 spiro atoms. The molecule has 0 bridgehead atoms. The molecular weight excluding hydrogens is 214 g/mol. The molecular formula is C14H19NO2. The Hall–Kier alpha value is -1.51. The Bertz CT molecular complexity index is 426. The highest BCUT2D eigenvalue weighted by molar-refractivity contribution is 5.91. The first-order chi connectivity index (χ1) is 8.08. The highest BCUT2D eigenvalue weighted by Crippen LogP contribution is 2.24. The number of fused-ring (bicyclic) bond motifs is 1. The van der Waals surface area contributed by atoms with Gasteiger partial charge in [-0.1, -0.05) is 19.9 Å². The largest absolute Gasteiger partial charge is 0.459 e. The standard InChI is InChI=1S/C14H19NO2/c1-9(2)10(3)17-14(16)12-5-4-11-6-7-15-13(11)8-12/h4-5,8-10,15H,6-7H2,1-3H3. The second-order valence-electron chi connectivity index (χ2n) is 4.90. The van der Waals surface area contributed by atoms with E-state index in [1.165, 1.54) is 5.56 Å². The SMILES string of the molecule is CC(C)C(C)OC(=O)c1ccc2c(c1)NCC2. The summed E-state index contributed by atoms with van der Waals surface area (Å²) in [6.45, 7) is 6.97. The number of carbonyl (C=O) groups is 1. The average Bonchev–Trinajstić information content (AvgIpc) is 2.75. The lowest BCUT2D eigenvalue weighted by Gasteiger charge is -2.16. The lowest BCUT2D eigenvalue weighted by atomic mass is 10.1. The van der Waals surface area contributed by atoms with E-state index in [9.17, 15) is 4.79 Å². The van der Waals surface area contributed by atoms with Gasteiger partial charge in [0.25, 0.3) is 0 Å². The van der Waals surface area contributed by atoms with Crippen LogP contribution in [0.5, 0.6) is 0 Å². The molecule has 1 aliphatic heterocycles. The number of ether oxygens (including phenoxy) is 1. The number of anilines is 1. The van der Waals surface area contributed by atoms with E-state index in [1.54, 1.807) is 0 Å². The molecule has 0 saturated heterocycles. The first-order valence-corrected chi connectivity index (χ1v) is 6.15. The molecule has 1 unspecified atom stereocenters. The minimum atomic E-state index is -0.234. The molecule has 0 radical (unpaired) electrons. The maximum Gasteiger partial charge on any atom is 0.338 e. The van der Waals surface area contributed by atoms with Gasteiger partial charge in [0.15, 0.2) is 0 Å². The second-order valence-corrected chi connectivity index (χ2v) is 4.90. The van der Waals surface area contributed by atoms with Crippen molar-refractivity contribution in [2.45, 2.75) is 33.3 Å². The van der Waals surface area contributed by atoms with E-state index < -0.39 is 0 Å². The van der Waals surface area contributed by atoms with Crippen molar-refractivity contribution < 1.29 is 9.53 Å². The van der Waals surface area contributed by atoms with E-state index in [0.717, 1.165) is 18.7 Å². The molecule has 17 heavy (non-hydrogen) atoms. The zero-order chi connectivity index (χ0) is 12.4. The summed E-state index contributed by atoms with van der Waals surface area (Å²) in [5.74, 6) is 0.106. The number of hydrogen-bond acceptors (Lipinski definition) is 3. The molecule has 0 amide bonds. The summed E-state index contributed by atoms with van der Waals surface area (Å²) in [4.78, 5) is 11.9. The van der Waals surface area contributed by atoms with Crippen LogP contribution in [0.25, 0.3) is 0 Å². The van der Waals surface area contributed by atoms with Gasteiger partial charge in [0.05, 0.1) is 5.56 Å². The van der Waals surface area contributed by atoms with E-state index in [-0.39, 0.29) is 12.1 Å². The van der Waals surface area contributed by atoms with E-state index in [4.69, 9.17) is 4.74 Å². The van der Waals surface area contributed by atoms with Crippen LogP contribution in [0.1, 0.15) is 36.7 Å². The van der Waals surface area contributed by atoms with E-state index in [1.807, 2.05) is 39.0 Å². The molecule has 1 aromatic carbocycles. The zero-order valence-electron chi connectivity index (χ0n) is 10.6. The van der Waals surface area contributed by atoms with Gasteiger partial charge < -0.3 is 10.1 Å². The molecule has 0 aliphatic carbocycles. The maximum atomic E-state index is 11.9. The monoisotopic (exact) mass is 233 g/mol. The van der Waals surface area contributed by atoms with Crippen molar-refractivity contribution in [1.29, 1.82) is 0 Å². The summed E-state index contributed by atoms with van der Waals surface area (Å²) in [6.07, 6.45) is 0.983. The van der Waals surface area contributed by atoms with Crippen LogP contribution in [-0.4, -0.2) is 18.6 Å². The third-order valence-electron chi connectivity index (χ3n) is 3.29. The van der Waals surface area contributed by atoms with E-state index in [2.05, 4.69) is 5.32 Å². The number of hydrogen-bond donors (Lipinski definition) is 1. The quantitative estimate of drug-likeness (QED) is 0.816. The van der Waals surface area contributed by atoms with Crippen LogP contribution in [0, 0.1) is 5.92 Å². The van der Waals surface area contributed by atoms with Gasteiger partial charge in [-0.2, -0.15) is 0 Å². The summed E-state index contributed by atoms with van der Waals surface area (Å²) in [6, 6.07) is 5.74. The Morgan fingerprint density at radius 2 is 2.12 bits per heavy atom. The molecule has 2 rings (SSSR count). The fourth-order valence-electron chi connectivity index (χ4n) is 1.79. The fourth-order valence-corrected chi connectivity index (χ4v) is 1.79. The van der Waals surface area contributed by atoms with Crippen molar-refractivity contribution >= 4 is 11.7 Å². The predicted molar refractivity (Wildman–Crippen MR) is 68.4 cm³/mol. The molecule has 1 aliphatic rings.